The van der Waals surface area contributed by atoms with Gasteiger partial charge in [-0.2, -0.15) is 0 Å². The van der Waals surface area contributed by atoms with Crippen LogP contribution in [-0.4, -0.2) is 40.8 Å². The van der Waals surface area contributed by atoms with Gasteiger partial charge in [0.15, 0.2) is 11.5 Å². The van der Waals surface area contributed by atoms with Gasteiger partial charge >= 0.3 is 5.69 Å². The number of rotatable bonds is 10. The fourth-order valence-corrected chi connectivity index (χ4v) is 3.57. The second kappa shape index (κ2) is 11.3. The van der Waals surface area contributed by atoms with Crippen molar-refractivity contribution in [2.24, 2.45) is 7.05 Å². The molecular formula is C24H30N4O6. The summed E-state index contributed by atoms with van der Waals surface area (Å²) in [5.41, 5.74) is 6.35. The Morgan fingerprint density at radius 1 is 0.882 bits per heavy atom. The van der Waals surface area contributed by atoms with Crippen LogP contribution in [0, 0.1) is 0 Å². The number of carbonyl (C=O) groups is 2. The van der Waals surface area contributed by atoms with E-state index in [-0.39, 0.29) is 24.2 Å². The largest absolute Gasteiger partial charge is 0.490 e. The Balaban J connectivity index is 1.68. The lowest BCUT2D eigenvalue weighted by Crippen LogP contribution is -2.42. The highest BCUT2D eigenvalue weighted by Gasteiger charge is 2.19. The van der Waals surface area contributed by atoms with Crippen molar-refractivity contribution in [1.29, 1.82) is 0 Å². The zero-order valence-electron chi connectivity index (χ0n) is 19.8. The van der Waals surface area contributed by atoms with Crippen LogP contribution in [0.1, 0.15) is 37.6 Å². The van der Waals surface area contributed by atoms with Crippen molar-refractivity contribution in [3.8, 4) is 17.2 Å². The summed E-state index contributed by atoms with van der Waals surface area (Å²) in [6, 6.07) is 10.4. The molecular weight excluding hydrogens is 440 g/mol. The number of hydrogen-bond acceptors (Lipinski definition) is 6. The van der Waals surface area contributed by atoms with E-state index >= 15 is 0 Å². The molecule has 1 heterocycles. The molecule has 0 bridgehead atoms. The molecule has 3 aromatic rings. The molecule has 0 aliphatic carbocycles. The topological polar surface area (TPSA) is 113 Å². The number of aryl methyl sites for hydroxylation is 2. The second-order valence-corrected chi connectivity index (χ2v) is 7.33. The molecule has 1 aromatic heterocycles. The number of nitrogens with one attached hydrogen (secondary N) is 2. The number of ether oxygens (including phenoxy) is 3. The molecule has 182 valence electrons. The Kier molecular flexibility index (Phi) is 8.18. The molecule has 34 heavy (non-hydrogen) atoms. The van der Waals surface area contributed by atoms with Crippen LogP contribution in [0.15, 0.2) is 41.2 Å². The average Bonchev–Trinajstić information content (AvgIpc) is 3.08. The Bertz CT molecular complexity index is 1200. The molecule has 2 aromatic carbocycles. The lowest BCUT2D eigenvalue weighted by atomic mass is 10.1. The van der Waals surface area contributed by atoms with Gasteiger partial charge in [-0.25, -0.2) is 4.79 Å². The van der Waals surface area contributed by atoms with Crippen LogP contribution in [0.2, 0.25) is 0 Å². The minimum absolute atomic E-state index is 0.00582. The van der Waals surface area contributed by atoms with E-state index in [9.17, 15) is 14.4 Å². The molecule has 0 aliphatic heterocycles. The summed E-state index contributed by atoms with van der Waals surface area (Å²) in [5, 5.41) is 0. The third-order valence-corrected chi connectivity index (χ3v) is 5.10. The third kappa shape index (κ3) is 5.33. The molecule has 0 aliphatic rings. The van der Waals surface area contributed by atoms with Gasteiger partial charge in [0, 0.05) is 25.6 Å². The van der Waals surface area contributed by atoms with E-state index in [1.807, 2.05) is 45.0 Å². The van der Waals surface area contributed by atoms with Gasteiger partial charge in [-0.05, 0) is 45.0 Å². The van der Waals surface area contributed by atoms with Crippen LogP contribution in [0.4, 0.5) is 0 Å². The van der Waals surface area contributed by atoms with E-state index in [0.717, 1.165) is 11.0 Å². The SMILES string of the molecule is CCOc1cc(C(=O)NNC(=O)CCn2c(=O)n(C)c3ccccc32)cc(OCC)c1OCC. The van der Waals surface area contributed by atoms with E-state index in [0.29, 0.717) is 37.1 Å². The predicted molar refractivity (Wildman–Crippen MR) is 127 cm³/mol. The second-order valence-electron chi connectivity index (χ2n) is 7.33. The minimum atomic E-state index is -0.541. The maximum atomic E-state index is 12.7. The number of carbonyl (C=O) groups excluding carboxylic acids is 2. The summed E-state index contributed by atoms with van der Waals surface area (Å²) < 4.78 is 20.0. The number of para-hydroxylation sites is 2. The van der Waals surface area contributed by atoms with Crippen molar-refractivity contribution in [1.82, 2.24) is 20.0 Å². The van der Waals surface area contributed by atoms with Crippen LogP contribution >= 0.6 is 0 Å². The van der Waals surface area contributed by atoms with E-state index in [4.69, 9.17) is 14.2 Å². The van der Waals surface area contributed by atoms with Gasteiger partial charge in [0.05, 0.1) is 30.9 Å². The molecule has 0 fully saturated rings. The number of hydrogen-bond donors (Lipinski definition) is 2. The van der Waals surface area contributed by atoms with Crippen molar-refractivity contribution >= 4 is 22.8 Å². The fourth-order valence-electron chi connectivity index (χ4n) is 3.57. The van der Waals surface area contributed by atoms with Crippen molar-refractivity contribution < 1.29 is 23.8 Å². The highest BCUT2D eigenvalue weighted by Crippen LogP contribution is 2.39. The smallest absolute Gasteiger partial charge is 0.328 e. The zero-order valence-corrected chi connectivity index (χ0v) is 19.8. The van der Waals surface area contributed by atoms with Crippen molar-refractivity contribution in [3.63, 3.8) is 0 Å². The molecule has 0 radical (unpaired) electrons. The molecule has 2 amide bonds. The fraction of sp³-hybridized carbons (Fsp3) is 0.375. The molecule has 0 spiro atoms. The number of fused-ring (bicyclic) bond motifs is 1. The van der Waals surface area contributed by atoms with Gasteiger partial charge in [0.1, 0.15) is 0 Å². The molecule has 0 saturated heterocycles. The maximum absolute atomic E-state index is 12.7. The summed E-state index contributed by atoms with van der Waals surface area (Å²) in [4.78, 5) is 37.6. The van der Waals surface area contributed by atoms with Crippen molar-refractivity contribution in [2.45, 2.75) is 33.7 Å². The highest BCUT2D eigenvalue weighted by molar-refractivity contribution is 5.96. The summed E-state index contributed by atoms with van der Waals surface area (Å²) >= 11 is 0. The number of aromatic nitrogens is 2. The van der Waals surface area contributed by atoms with E-state index in [2.05, 4.69) is 10.9 Å². The molecule has 3 rings (SSSR count). The Morgan fingerprint density at radius 3 is 2.06 bits per heavy atom. The Morgan fingerprint density at radius 2 is 1.47 bits per heavy atom. The van der Waals surface area contributed by atoms with Crippen LogP contribution in [0.5, 0.6) is 17.2 Å². The maximum Gasteiger partial charge on any atom is 0.328 e. The van der Waals surface area contributed by atoms with Gasteiger partial charge in [-0.15, -0.1) is 0 Å². The van der Waals surface area contributed by atoms with Crippen molar-refractivity contribution in [2.75, 3.05) is 19.8 Å². The first-order chi connectivity index (χ1) is 16.4. The monoisotopic (exact) mass is 470 g/mol. The Hall–Kier alpha value is -3.95. The normalized spacial score (nSPS) is 10.7. The van der Waals surface area contributed by atoms with Crippen molar-refractivity contribution in [3.05, 3.63) is 52.4 Å². The van der Waals surface area contributed by atoms with Gasteiger partial charge in [-0.3, -0.25) is 29.6 Å². The number of imidazole rings is 1. The number of amides is 2. The van der Waals surface area contributed by atoms with Crippen LogP contribution in [-0.2, 0) is 18.4 Å². The summed E-state index contributed by atoms with van der Waals surface area (Å²) in [5.74, 6) is 0.200. The Labute approximate surface area is 197 Å². The quantitative estimate of drug-likeness (QED) is 0.440. The van der Waals surface area contributed by atoms with E-state index in [1.165, 1.54) is 21.3 Å². The number of benzene rings is 2. The zero-order chi connectivity index (χ0) is 24.7. The van der Waals surface area contributed by atoms with Gasteiger partial charge in [-0.1, -0.05) is 12.1 Å². The summed E-state index contributed by atoms with van der Waals surface area (Å²) in [6.07, 6.45) is 0.00582. The van der Waals surface area contributed by atoms with Crippen LogP contribution in [0.3, 0.4) is 0 Å². The molecule has 0 atom stereocenters. The predicted octanol–water partition coefficient (Wildman–Crippen LogP) is 2.39. The third-order valence-electron chi connectivity index (χ3n) is 5.10. The van der Waals surface area contributed by atoms with Crippen LogP contribution < -0.4 is 30.8 Å². The molecule has 0 unspecified atom stereocenters. The number of nitrogens with zero attached hydrogens (tertiary/aromatic N) is 2. The molecule has 2 N–H and O–H groups in total. The van der Waals surface area contributed by atoms with E-state index in [1.54, 1.807) is 7.05 Å². The van der Waals surface area contributed by atoms with E-state index < -0.39 is 11.8 Å². The van der Waals surface area contributed by atoms with Gasteiger partial charge in [0.2, 0.25) is 11.7 Å². The van der Waals surface area contributed by atoms with Crippen LogP contribution in [0.25, 0.3) is 11.0 Å². The van der Waals surface area contributed by atoms with Gasteiger partial charge in [0.25, 0.3) is 5.91 Å². The number of hydrazine groups is 1. The standard InChI is InChI=1S/C24H30N4O6/c1-5-32-19-14-16(15-20(33-6-2)22(19)34-7-3)23(30)26-25-21(29)12-13-28-18-11-9-8-10-17(18)27(4)24(28)31/h8-11,14-15H,5-7,12-13H2,1-4H3,(H,25,29)(H,26,30). The summed E-state index contributed by atoms with van der Waals surface area (Å²) in [6.45, 7) is 6.82. The highest BCUT2D eigenvalue weighted by atomic mass is 16.5. The first-order valence-electron chi connectivity index (χ1n) is 11.2. The average molecular weight is 471 g/mol. The molecule has 0 saturated carbocycles. The first-order valence-corrected chi connectivity index (χ1v) is 11.2. The lowest BCUT2D eigenvalue weighted by Gasteiger charge is -2.17. The summed E-state index contributed by atoms with van der Waals surface area (Å²) in [7, 11) is 1.69. The first kappa shape index (κ1) is 24.7. The van der Waals surface area contributed by atoms with Gasteiger partial charge < -0.3 is 14.2 Å². The lowest BCUT2D eigenvalue weighted by molar-refractivity contribution is -0.122. The minimum Gasteiger partial charge on any atom is -0.490 e. The molecule has 10 nitrogen and oxygen atoms in total. The molecule has 10 heteroatoms.